The standard InChI is InChI=1S/C13H26N4O2/c1-15-11-2-7-17(10-11)8-5-16-6-9-19-13(3-4-13)12(14)18/h11,15-16H,2-10H2,1H3,(H2,14,18). The third-order valence-corrected chi connectivity index (χ3v) is 4.10. The smallest absolute Gasteiger partial charge is 0.249 e. The first-order chi connectivity index (χ1) is 9.16. The van der Waals surface area contributed by atoms with E-state index in [2.05, 4.69) is 15.5 Å². The molecule has 0 spiro atoms. The second kappa shape index (κ2) is 6.65. The number of nitrogens with one attached hydrogen (secondary N) is 2. The number of carbonyl (C=O) groups excluding carboxylic acids is 1. The van der Waals surface area contributed by atoms with Gasteiger partial charge >= 0.3 is 0 Å². The van der Waals surface area contributed by atoms with Gasteiger partial charge in [-0.05, 0) is 32.9 Å². The Morgan fingerprint density at radius 2 is 2.26 bits per heavy atom. The fourth-order valence-corrected chi connectivity index (χ4v) is 2.53. The molecule has 2 aliphatic rings. The number of likely N-dealkylation sites (N-methyl/N-ethyl adjacent to an activating group) is 1. The highest BCUT2D eigenvalue weighted by atomic mass is 16.5. The predicted molar refractivity (Wildman–Crippen MR) is 73.9 cm³/mol. The molecule has 6 nitrogen and oxygen atoms in total. The lowest BCUT2D eigenvalue weighted by molar-refractivity contribution is -0.132. The van der Waals surface area contributed by atoms with Crippen molar-refractivity contribution in [3.05, 3.63) is 0 Å². The molecule has 1 saturated heterocycles. The minimum Gasteiger partial charge on any atom is -0.367 e. The normalized spacial score (nSPS) is 25.6. The molecule has 0 bridgehead atoms. The van der Waals surface area contributed by atoms with Crippen LogP contribution in [0, 0.1) is 0 Å². The molecule has 0 aromatic carbocycles. The molecule has 1 aliphatic heterocycles. The van der Waals surface area contributed by atoms with Crippen LogP contribution in [-0.4, -0.2) is 68.8 Å². The van der Waals surface area contributed by atoms with Crippen molar-refractivity contribution in [3.63, 3.8) is 0 Å². The Morgan fingerprint density at radius 1 is 1.47 bits per heavy atom. The number of rotatable bonds is 9. The molecule has 0 aromatic heterocycles. The maximum absolute atomic E-state index is 11.1. The molecule has 1 saturated carbocycles. The monoisotopic (exact) mass is 270 g/mol. The molecule has 2 rings (SSSR count). The van der Waals surface area contributed by atoms with Crippen molar-refractivity contribution < 1.29 is 9.53 Å². The lowest BCUT2D eigenvalue weighted by Gasteiger charge is -2.17. The molecule has 19 heavy (non-hydrogen) atoms. The quantitative estimate of drug-likeness (QED) is 0.464. The van der Waals surface area contributed by atoms with Crippen LogP contribution >= 0.6 is 0 Å². The summed E-state index contributed by atoms with van der Waals surface area (Å²) < 4.78 is 5.55. The summed E-state index contributed by atoms with van der Waals surface area (Å²) in [7, 11) is 2.02. The molecule has 1 heterocycles. The zero-order valence-corrected chi connectivity index (χ0v) is 11.8. The van der Waals surface area contributed by atoms with Crippen LogP contribution in [0.4, 0.5) is 0 Å². The van der Waals surface area contributed by atoms with Crippen LogP contribution in [0.1, 0.15) is 19.3 Å². The number of primary amides is 1. The van der Waals surface area contributed by atoms with Crippen molar-refractivity contribution in [2.24, 2.45) is 5.73 Å². The van der Waals surface area contributed by atoms with Crippen LogP contribution in [0.15, 0.2) is 0 Å². The predicted octanol–water partition coefficient (Wildman–Crippen LogP) is -1.10. The number of amides is 1. The highest BCUT2D eigenvalue weighted by molar-refractivity contribution is 5.86. The second-order valence-electron chi connectivity index (χ2n) is 5.53. The van der Waals surface area contributed by atoms with Crippen molar-refractivity contribution >= 4 is 5.91 Å². The molecule has 4 N–H and O–H groups in total. The highest BCUT2D eigenvalue weighted by Crippen LogP contribution is 2.38. The van der Waals surface area contributed by atoms with Gasteiger partial charge in [0.15, 0.2) is 0 Å². The van der Waals surface area contributed by atoms with Crippen LogP contribution in [0.25, 0.3) is 0 Å². The van der Waals surface area contributed by atoms with Gasteiger partial charge in [0.2, 0.25) is 5.91 Å². The van der Waals surface area contributed by atoms with Gasteiger partial charge in [-0.2, -0.15) is 0 Å². The average Bonchev–Trinajstić information content (AvgIpc) is 3.05. The fourth-order valence-electron chi connectivity index (χ4n) is 2.53. The average molecular weight is 270 g/mol. The Hall–Kier alpha value is -0.690. The number of carbonyl (C=O) groups is 1. The molecule has 110 valence electrons. The van der Waals surface area contributed by atoms with E-state index in [0.717, 1.165) is 39.0 Å². The molecule has 1 atom stereocenters. The maximum atomic E-state index is 11.1. The van der Waals surface area contributed by atoms with Crippen molar-refractivity contribution in [2.45, 2.75) is 30.9 Å². The van der Waals surface area contributed by atoms with E-state index in [4.69, 9.17) is 10.5 Å². The van der Waals surface area contributed by atoms with Gasteiger partial charge in [0.05, 0.1) is 6.61 Å². The van der Waals surface area contributed by atoms with Crippen LogP contribution in [0.5, 0.6) is 0 Å². The molecular weight excluding hydrogens is 244 g/mol. The lowest BCUT2D eigenvalue weighted by atomic mass is 10.3. The zero-order valence-electron chi connectivity index (χ0n) is 11.8. The summed E-state index contributed by atoms with van der Waals surface area (Å²) in [6.45, 7) is 5.68. The molecule has 0 radical (unpaired) electrons. The van der Waals surface area contributed by atoms with E-state index in [1.807, 2.05) is 7.05 Å². The number of ether oxygens (including phenoxy) is 1. The molecule has 1 aliphatic carbocycles. The summed E-state index contributed by atoms with van der Waals surface area (Å²) in [6, 6.07) is 0.647. The van der Waals surface area contributed by atoms with Gasteiger partial charge < -0.3 is 26.0 Å². The Labute approximate surface area is 115 Å². The molecule has 6 heteroatoms. The first-order valence-corrected chi connectivity index (χ1v) is 7.20. The van der Waals surface area contributed by atoms with Gasteiger partial charge in [0.25, 0.3) is 0 Å². The van der Waals surface area contributed by atoms with Crippen LogP contribution in [-0.2, 0) is 9.53 Å². The van der Waals surface area contributed by atoms with Crippen LogP contribution in [0.2, 0.25) is 0 Å². The molecule has 1 amide bonds. The van der Waals surface area contributed by atoms with Crippen LogP contribution in [0.3, 0.4) is 0 Å². The third kappa shape index (κ3) is 4.14. The van der Waals surface area contributed by atoms with E-state index < -0.39 is 5.60 Å². The first-order valence-electron chi connectivity index (χ1n) is 7.20. The van der Waals surface area contributed by atoms with E-state index in [1.165, 1.54) is 13.0 Å². The van der Waals surface area contributed by atoms with Gasteiger partial charge in [-0.3, -0.25) is 4.79 Å². The maximum Gasteiger partial charge on any atom is 0.249 e. The molecular formula is C13H26N4O2. The van der Waals surface area contributed by atoms with Crippen LogP contribution < -0.4 is 16.4 Å². The van der Waals surface area contributed by atoms with Gasteiger partial charge in [0.1, 0.15) is 5.60 Å². The number of nitrogens with zero attached hydrogens (tertiary/aromatic N) is 1. The molecule has 0 aromatic rings. The van der Waals surface area contributed by atoms with Gasteiger partial charge in [-0.1, -0.05) is 0 Å². The minimum absolute atomic E-state index is 0.317. The number of hydrogen-bond acceptors (Lipinski definition) is 5. The van der Waals surface area contributed by atoms with E-state index >= 15 is 0 Å². The van der Waals surface area contributed by atoms with Crippen molar-refractivity contribution in [3.8, 4) is 0 Å². The van der Waals surface area contributed by atoms with E-state index in [0.29, 0.717) is 12.6 Å². The Bertz CT molecular complexity index is 307. The summed E-state index contributed by atoms with van der Waals surface area (Å²) in [5.74, 6) is -0.317. The van der Waals surface area contributed by atoms with Crippen molar-refractivity contribution in [2.75, 3.05) is 46.4 Å². The SMILES string of the molecule is CNC1CCN(CCNCCOC2(C(N)=O)CC2)C1. The van der Waals surface area contributed by atoms with Gasteiger partial charge in [-0.15, -0.1) is 0 Å². The summed E-state index contributed by atoms with van der Waals surface area (Å²) in [5, 5.41) is 6.66. The second-order valence-corrected chi connectivity index (χ2v) is 5.53. The van der Waals surface area contributed by atoms with E-state index in [9.17, 15) is 4.79 Å². The Kier molecular flexibility index (Phi) is 5.15. The Morgan fingerprint density at radius 3 is 2.84 bits per heavy atom. The Balaban J connectivity index is 1.46. The van der Waals surface area contributed by atoms with Gasteiger partial charge in [-0.25, -0.2) is 0 Å². The summed E-state index contributed by atoms with van der Waals surface area (Å²) >= 11 is 0. The topological polar surface area (TPSA) is 79.6 Å². The summed E-state index contributed by atoms with van der Waals surface area (Å²) in [4.78, 5) is 13.6. The fraction of sp³-hybridized carbons (Fsp3) is 0.923. The molecule has 2 fully saturated rings. The minimum atomic E-state index is -0.628. The molecule has 1 unspecified atom stereocenters. The first kappa shape index (κ1) is 14.7. The van der Waals surface area contributed by atoms with E-state index in [1.54, 1.807) is 0 Å². The number of likely N-dealkylation sites (tertiary alicyclic amines) is 1. The number of nitrogens with two attached hydrogens (primary N) is 1. The van der Waals surface area contributed by atoms with E-state index in [-0.39, 0.29) is 5.91 Å². The summed E-state index contributed by atoms with van der Waals surface area (Å²) in [5.41, 5.74) is 4.66. The van der Waals surface area contributed by atoms with Crippen molar-refractivity contribution in [1.82, 2.24) is 15.5 Å². The zero-order chi connectivity index (χ0) is 13.7. The summed E-state index contributed by atoms with van der Waals surface area (Å²) in [6.07, 6.45) is 2.80. The van der Waals surface area contributed by atoms with Crippen molar-refractivity contribution in [1.29, 1.82) is 0 Å². The van der Waals surface area contributed by atoms with Gasteiger partial charge in [0, 0.05) is 32.2 Å². The lowest BCUT2D eigenvalue weighted by Crippen LogP contribution is -2.37. The number of hydrogen-bond donors (Lipinski definition) is 3. The largest absolute Gasteiger partial charge is 0.367 e. The third-order valence-electron chi connectivity index (χ3n) is 4.10. The highest BCUT2D eigenvalue weighted by Gasteiger charge is 2.49.